The summed E-state index contributed by atoms with van der Waals surface area (Å²) in [6.45, 7) is 3.41. The van der Waals surface area contributed by atoms with Gasteiger partial charge in [-0.25, -0.2) is 0 Å². The molecule has 156 valence electrons. The Hall–Kier alpha value is -0.480. The highest BCUT2D eigenvalue weighted by Gasteiger charge is 2.35. The van der Waals surface area contributed by atoms with Crippen molar-refractivity contribution in [1.29, 1.82) is 0 Å². The van der Waals surface area contributed by atoms with Crippen molar-refractivity contribution in [3.05, 3.63) is 12.2 Å². The molecule has 0 aromatic heterocycles. The predicted molar refractivity (Wildman–Crippen MR) is 105 cm³/mol. The van der Waals surface area contributed by atoms with Crippen molar-refractivity contribution in [2.75, 3.05) is 13.2 Å². The quantitative estimate of drug-likeness (QED) is 0.442. The first kappa shape index (κ1) is 21.2. The second-order valence-electron chi connectivity index (χ2n) is 9.20. The van der Waals surface area contributed by atoms with E-state index in [0.717, 1.165) is 23.8 Å². The Morgan fingerprint density at radius 3 is 1.81 bits per heavy atom. The van der Waals surface area contributed by atoms with Gasteiger partial charge in [-0.15, -0.1) is 0 Å². The van der Waals surface area contributed by atoms with Crippen LogP contribution in [0.3, 0.4) is 0 Å². The first-order chi connectivity index (χ1) is 13.2. The van der Waals surface area contributed by atoms with Gasteiger partial charge < -0.3 is 9.47 Å². The molecule has 1 saturated heterocycles. The standard InChI is InChI=1S/C23H38F2O2/c1-2-3-4-5-17-6-8-18(9-7-17)19-10-12-20(13-11-19)21-15-26-23(27-16-21)14-22(24)25/h14,17-21,23H,2-13,15-16H2,1H3. The highest BCUT2D eigenvalue weighted by atomic mass is 19.3. The Labute approximate surface area is 164 Å². The van der Waals surface area contributed by atoms with Gasteiger partial charge in [-0.3, -0.25) is 0 Å². The van der Waals surface area contributed by atoms with Crippen LogP contribution in [0.2, 0.25) is 0 Å². The third kappa shape index (κ3) is 6.52. The summed E-state index contributed by atoms with van der Waals surface area (Å²) in [6.07, 6.45) is 14.8. The zero-order valence-electron chi connectivity index (χ0n) is 17.0. The lowest BCUT2D eigenvalue weighted by Crippen LogP contribution is -2.37. The van der Waals surface area contributed by atoms with E-state index >= 15 is 0 Å². The summed E-state index contributed by atoms with van der Waals surface area (Å²) < 4.78 is 35.5. The molecule has 0 atom stereocenters. The summed E-state index contributed by atoms with van der Waals surface area (Å²) in [5.41, 5.74) is 0. The van der Waals surface area contributed by atoms with Gasteiger partial charge in [0, 0.05) is 12.0 Å². The molecule has 0 amide bonds. The fraction of sp³-hybridized carbons (Fsp3) is 0.913. The van der Waals surface area contributed by atoms with Crippen LogP contribution < -0.4 is 0 Å². The number of hydrogen-bond donors (Lipinski definition) is 0. The third-order valence-electron chi connectivity index (χ3n) is 7.47. The number of ether oxygens (including phenoxy) is 2. The SMILES string of the molecule is CCCCCC1CCC(C2CCC(C3COC(C=C(F)F)OC3)CC2)CC1. The van der Waals surface area contributed by atoms with Gasteiger partial charge in [-0.1, -0.05) is 45.4 Å². The Kier molecular flexibility index (Phi) is 8.57. The van der Waals surface area contributed by atoms with Crippen molar-refractivity contribution >= 4 is 0 Å². The molecule has 3 rings (SSSR count). The molecule has 1 heterocycles. The van der Waals surface area contributed by atoms with Crippen LogP contribution in [0.15, 0.2) is 12.2 Å². The number of rotatable bonds is 7. The normalized spacial score (nSPS) is 37.7. The van der Waals surface area contributed by atoms with Gasteiger partial charge in [0.25, 0.3) is 6.08 Å². The summed E-state index contributed by atoms with van der Waals surface area (Å²) in [5, 5.41) is 0. The largest absolute Gasteiger partial charge is 0.348 e. The minimum atomic E-state index is -1.72. The van der Waals surface area contributed by atoms with Crippen molar-refractivity contribution in [1.82, 2.24) is 0 Å². The fourth-order valence-electron chi connectivity index (χ4n) is 5.72. The first-order valence-electron chi connectivity index (χ1n) is 11.4. The van der Waals surface area contributed by atoms with Gasteiger partial charge >= 0.3 is 0 Å². The molecule has 0 bridgehead atoms. The van der Waals surface area contributed by atoms with Gasteiger partial charge in [0.2, 0.25) is 0 Å². The van der Waals surface area contributed by atoms with Crippen LogP contribution in [0.5, 0.6) is 0 Å². The molecule has 0 radical (unpaired) electrons. The summed E-state index contributed by atoms with van der Waals surface area (Å²) >= 11 is 0. The Bertz CT molecular complexity index is 439. The summed E-state index contributed by atoms with van der Waals surface area (Å²) in [6, 6.07) is 0. The lowest BCUT2D eigenvalue weighted by Gasteiger charge is -2.41. The molecule has 0 aromatic carbocycles. The molecule has 0 unspecified atom stereocenters. The lowest BCUT2D eigenvalue weighted by molar-refractivity contribution is -0.187. The molecular formula is C23H38F2O2. The second kappa shape index (κ2) is 10.9. The highest BCUT2D eigenvalue weighted by Crippen LogP contribution is 2.44. The molecule has 2 saturated carbocycles. The maximum Gasteiger partial charge on any atom is 0.271 e. The second-order valence-corrected chi connectivity index (χ2v) is 9.20. The van der Waals surface area contributed by atoms with E-state index in [1.54, 1.807) is 0 Å². The molecule has 0 spiro atoms. The van der Waals surface area contributed by atoms with Crippen molar-refractivity contribution in [2.45, 2.75) is 90.3 Å². The molecular weight excluding hydrogens is 346 g/mol. The van der Waals surface area contributed by atoms with Crippen molar-refractivity contribution in [3.8, 4) is 0 Å². The van der Waals surface area contributed by atoms with Crippen LogP contribution in [0.25, 0.3) is 0 Å². The predicted octanol–water partition coefficient (Wildman–Crippen LogP) is 6.95. The van der Waals surface area contributed by atoms with Gasteiger partial charge in [0.05, 0.1) is 13.2 Å². The van der Waals surface area contributed by atoms with E-state index in [9.17, 15) is 8.78 Å². The monoisotopic (exact) mass is 384 g/mol. The minimum Gasteiger partial charge on any atom is -0.348 e. The van der Waals surface area contributed by atoms with Gasteiger partial charge in [-0.05, 0) is 62.2 Å². The zero-order valence-corrected chi connectivity index (χ0v) is 17.0. The van der Waals surface area contributed by atoms with E-state index in [0.29, 0.717) is 25.0 Å². The van der Waals surface area contributed by atoms with E-state index in [4.69, 9.17) is 9.47 Å². The average molecular weight is 385 g/mol. The summed E-state index contributed by atoms with van der Waals surface area (Å²) in [7, 11) is 0. The fourth-order valence-corrected chi connectivity index (χ4v) is 5.72. The Balaban J connectivity index is 1.33. The van der Waals surface area contributed by atoms with Crippen LogP contribution in [0.1, 0.15) is 84.0 Å². The van der Waals surface area contributed by atoms with Crippen molar-refractivity contribution < 1.29 is 18.3 Å². The van der Waals surface area contributed by atoms with Gasteiger partial charge in [-0.2, -0.15) is 8.78 Å². The molecule has 4 heteroatoms. The lowest BCUT2D eigenvalue weighted by atomic mass is 9.67. The number of hydrogen-bond acceptors (Lipinski definition) is 2. The van der Waals surface area contributed by atoms with Crippen molar-refractivity contribution in [2.24, 2.45) is 29.6 Å². The van der Waals surface area contributed by atoms with Crippen LogP contribution in [0, 0.1) is 29.6 Å². The third-order valence-corrected chi connectivity index (χ3v) is 7.47. The number of halogens is 2. The summed E-state index contributed by atoms with van der Waals surface area (Å²) in [5.74, 6) is 3.89. The van der Waals surface area contributed by atoms with Gasteiger partial charge in [0.15, 0.2) is 6.29 Å². The average Bonchev–Trinajstić information content (AvgIpc) is 2.69. The van der Waals surface area contributed by atoms with Crippen LogP contribution >= 0.6 is 0 Å². The molecule has 1 aliphatic heterocycles. The molecule has 3 aliphatic rings. The summed E-state index contributed by atoms with van der Waals surface area (Å²) in [4.78, 5) is 0. The topological polar surface area (TPSA) is 18.5 Å². The van der Waals surface area contributed by atoms with Crippen LogP contribution in [-0.2, 0) is 9.47 Å². The Morgan fingerprint density at radius 2 is 1.30 bits per heavy atom. The van der Waals surface area contributed by atoms with Crippen molar-refractivity contribution in [3.63, 3.8) is 0 Å². The number of unbranched alkanes of at least 4 members (excludes halogenated alkanes) is 2. The first-order valence-corrected chi connectivity index (χ1v) is 11.4. The minimum absolute atomic E-state index is 0.382. The molecule has 27 heavy (non-hydrogen) atoms. The van der Waals surface area contributed by atoms with Crippen LogP contribution in [-0.4, -0.2) is 19.5 Å². The maximum absolute atomic E-state index is 12.3. The van der Waals surface area contributed by atoms with E-state index in [-0.39, 0.29) is 0 Å². The van der Waals surface area contributed by atoms with E-state index < -0.39 is 12.4 Å². The smallest absolute Gasteiger partial charge is 0.271 e. The van der Waals surface area contributed by atoms with E-state index in [1.807, 2.05) is 0 Å². The molecule has 2 aliphatic carbocycles. The molecule has 0 aromatic rings. The highest BCUT2D eigenvalue weighted by molar-refractivity contribution is 4.88. The van der Waals surface area contributed by atoms with Gasteiger partial charge in [0.1, 0.15) is 0 Å². The molecule has 0 N–H and O–H groups in total. The molecule has 2 nitrogen and oxygen atoms in total. The molecule has 3 fully saturated rings. The van der Waals surface area contributed by atoms with E-state index in [2.05, 4.69) is 6.92 Å². The van der Waals surface area contributed by atoms with E-state index in [1.165, 1.54) is 77.0 Å². The zero-order chi connectivity index (χ0) is 19.1. The Morgan fingerprint density at radius 1 is 0.778 bits per heavy atom. The maximum atomic E-state index is 12.3. The van der Waals surface area contributed by atoms with Crippen LogP contribution in [0.4, 0.5) is 8.78 Å².